The van der Waals surface area contributed by atoms with Crippen molar-refractivity contribution in [3.8, 4) is 0 Å². The van der Waals surface area contributed by atoms with Gasteiger partial charge in [0.1, 0.15) is 17.0 Å². The van der Waals surface area contributed by atoms with Crippen LogP contribution in [0.5, 0.6) is 0 Å². The molecule has 28 heavy (non-hydrogen) atoms. The normalized spacial score (nSPS) is 10.9. The number of rotatable bonds is 4. The summed E-state index contributed by atoms with van der Waals surface area (Å²) >= 11 is 5.73. The van der Waals surface area contributed by atoms with Crippen LogP contribution >= 0.6 is 11.6 Å². The Balaban J connectivity index is 2.31. The van der Waals surface area contributed by atoms with Gasteiger partial charge in [0, 0.05) is 11.1 Å². The number of ether oxygens (including phenoxy) is 1. The van der Waals surface area contributed by atoms with Crippen molar-refractivity contribution in [1.29, 1.82) is 0 Å². The molecule has 0 aliphatic rings. The van der Waals surface area contributed by atoms with Crippen molar-refractivity contribution >= 4 is 40.7 Å². The van der Waals surface area contributed by atoms with Crippen molar-refractivity contribution in [3.63, 3.8) is 0 Å². The highest BCUT2D eigenvalue weighted by molar-refractivity contribution is 6.31. The maximum Gasteiger partial charge on any atom is 0.412 e. The Kier molecular flexibility index (Phi) is 6.19. The second-order valence-electron chi connectivity index (χ2n) is 6.69. The molecule has 0 radical (unpaired) electrons. The molecule has 2 amide bonds. The van der Waals surface area contributed by atoms with Crippen LogP contribution in [0.3, 0.4) is 0 Å². The molecule has 0 unspecified atom stereocenters. The Morgan fingerprint density at radius 1 is 1.11 bits per heavy atom. The summed E-state index contributed by atoms with van der Waals surface area (Å²) in [5.74, 6) is -1.56. The number of nitro benzene ring substituents is 1. The third kappa shape index (κ3) is 5.65. The average Bonchev–Trinajstić information content (AvgIpc) is 2.55. The number of nitrogens with one attached hydrogen (secondary N) is 2. The lowest BCUT2D eigenvalue weighted by molar-refractivity contribution is -0.385. The number of benzene rings is 2. The third-order valence-electron chi connectivity index (χ3n) is 3.27. The molecular weight excluding hydrogens is 393 g/mol. The molecule has 2 aromatic carbocycles. The predicted molar refractivity (Wildman–Crippen MR) is 102 cm³/mol. The first kappa shape index (κ1) is 21.1. The van der Waals surface area contributed by atoms with Gasteiger partial charge in [0.2, 0.25) is 0 Å². The third-order valence-corrected chi connectivity index (χ3v) is 3.50. The lowest BCUT2D eigenvalue weighted by Crippen LogP contribution is -2.27. The summed E-state index contributed by atoms with van der Waals surface area (Å²) in [6.07, 6.45) is -0.813. The van der Waals surface area contributed by atoms with Crippen LogP contribution in [-0.2, 0) is 4.74 Å². The lowest BCUT2D eigenvalue weighted by Gasteiger charge is -2.20. The Morgan fingerprint density at radius 2 is 1.79 bits per heavy atom. The maximum absolute atomic E-state index is 13.6. The van der Waals surface area contributed by atoms with E-state index in [4.69, 9.17) is 16.3 Å². The molecule has 2 aromatic rings. The fourth-order valence-electron chi connectivity index (χ4n) is 2.18. The number of amides is 2. The van der Waals surface area contributed by atoms with E-state index in [1.165, 1.54) is 18.2 Å². The van der Waals surface area contributed by atoms with Crippen molar-refractivity contribution in [2.45, 2.75) is 26.4 Å². The first-order valence-corrected chi connectivity index (χ1v) is 8.39. The Labute approximate surface area is 164 Å². The zero-order valence-corrected chi connectivity index (χ0v) is 16.0. The Morgan fingerprint density at radius 3 is 2.39 bits per heavy atom. The van der Waals surface area contributed by atoms with Crippen LogP contribution in [0.25, 0.3) is 0 Å². The standard InChI is InChI=1S/C18H17ClFN3O5/c1-18(2,3)28-17(25)22-13-7-5-11(20)9-14(13)21-16(24)12-6-4-10(19)8-15(12)23(26)27/h4-9H,1-3H3,(H,21,24)(H,22,25). The molecule has 0 fully saturated rings. The Bertz CT molecular complexity index is 943. The van der Waals surface area contributed by atoms with E-state index in [1.807, 2.05) is 0 Å². The molecule has 2 N–H and O–H groups in total. The predicted octanol–water partition coefficient (Wildman–Crippen LogP) is 4.99. The highest BCUT2D eigenvalue weighted by Gasteiger charge is 2.22. The fourth-order valence-corrected chi connectivity index (χ4v) is 2.35. The van der Waals surface area contributed by atoms with Crippen LogP contribution in [0.1, 0.15) is 31.1 Å². The summed E-state index contributed by atoms with van der Waals surface area (Å²) < 4.78 is 18.8. The minimum Gasteiger partial charge on any atom is -0.444 e. The van der Waals surface area contributed by atoms with Crippen LogP contribution in [0.4, 0.5) is 26.2 Å². The number of halogens is 2. The van der Waals surface area contributed by atoms with Crippen LogP contribution < -0.4 is 10.6 Å². The van der Waals surface area contributed by atoms with Crippen molar-refractivity contribution in [2.75, 3.05) is 10.6 Å². The molecule has 2 rings (SSSR count). The summed E-state index contributed by atoms with van der Waals surface area (Å²) in [5, 5.41) is 16.0. The number of carbonyl (C=O) groups is 2. The number of anilines is 2. The summed E-state index contributed by atoms with van der Waals surface area (Å²) in [6, 6.07) is 6.79. The number of hydrogen-bond acceptors (Lipinski definition) is 5. The number of hydrogen-bond donors (Lipinski definition) is 2. The van der Waals surface area contributed by atoms with E-state index in [9.17, 15) is 24.1 Å². The van der Waals surface area contributed by atoms with Crippen molar-refractivity contribution in [3.05, 3.63) is 62.9 Å². The molecule has 0 aliphatic heterocycles. The molecule has 0 saturated heterocycles. The van der Waals surface area contributed by atoms with E-state index in [1.54, 1.807) is 20.8 Å². The van der Waals surface area contributed by atoms with Crippen LogP contribution in [-0.4, -0.2) is 22.5 Å². The van der Waals surface area contributed by atoms with E-state index >= 15 is 0 Å². The molecule has 0 aliphatic carbocycles. The van der Waals surface area contributed by atoms with Gasteiger partial charge in [-0.05, 0) is 51.1 Å². The van der Waals surface area contributed by atoms with Crippen molar-refractivity contribution < 1.29 is 23.6 Å². The monoisotopic (exact) mass is 409 g/mol. The molecular formula is C18H17ClFN3O5. The number of nitro groups is 1. The highest BCUT2D eigenvalue weighted by atomic mass is 35.5. The Hall–Kier alpha value is -3.20. The topological polar surface area (TPSA) is 111 Å². The molecule has 0 heterocycles. The van der Waals surface area contributed by atoms with E-state index < -0.39 is 34.0 Å². The fraction of sp³-hybridized carbons (Fsp3) is 0.222. The van der Waals surface area contributed by atoms with Crippen LogP contribution in [0, 0.1) is 15.9 Å². The summed E-state index contributed by atoms with van der Waals surface area (Å²) in [4.78, 5) is 34.9. The maximum atomic E-state index is 13.6. The second-order valence-corrected chi connectivity index (χ2v) is 7.13. The smallest absolute Gasteiger partial charge is 0.412 e. The summed E-state index contributed by atoms with van der Waals surface area (Å²) in [6.45, 7) is 5.00. The molecule has 0 saturated carbocycles. The number of nitrogens with zero attached hydrogens (tertiary/aromatic N) is 1. The van der Waals surface area contributed by atoms with E-state index in [0.717, 1.165) is 18.2 Å². The zero-order chi connectivity index (χ0) is 21.1. The minimum atomic E-state index is -0.874. The molecule has 0 bridgehead atoms. The zero-order valence-electron chi connectivity index (χ0n) is 15.2. The highest BCUT2D eigenvalue weighted by Crippen LogP contribution is 2.27. The van der Waals surface area contributed by atoms with Gasteiger partial charge in [0.05, 0.1) is 16.3 Å². The molecule has 0 spiro atoms. The van der Waals surface area contributed by atoms with E-state index in [-0.39, 0.29) is 22.0 Å². The van der Waals surface area contributed by atoms with E-state index in [2.05, 4.69) is 10.6 Å². The van der Waals surface area contributed by atoms with Gasteiger partial charge in [-0.2, -0.15) is 0 Å². The van der Waals surface area contributed by atoms with Crippen LogP contribution in [0.15, 0.2) is 36.4 Å². The van der Waals surface area contributed by atoms with Gasteiger partial charge in [0.15, 0.2) is 0 Å². The molecule has 8 nitrogen and oxygen atoms in total. The van der Waals surface area contributed by atoms with Gasteiger partial charge < -0.3 is 10.1 Å². The molecule has 10 heteroatoms. The molecule has 0 aromatic heterocycles. The first-order valence-electron chi connectivity index (χ1n) is 8.01. The quantitative estimate of drug-likeness (QED) is 0.546. The van der Waals surface area contributed by atoms with Gasteiger partial charge in [-0.3, -0.25) is 20.2 Å². The summed E-state index contributed by atoms with van der Waals surface area (Å²) in [5.41, 5.74) is -1.59. The lowest BCUT2D eigenvalue weighted by atomic mass is 10.1. The van der Waals surface area contributed by atoms with Gasteiger partial charge in [-0.25, -0.2) is 9.18 Å². The van der Waals surface area contributed by atoms with Gasteiger partial charge in [-0.1, -0.05) is 11.6 Å². The number of carbonyl (C=O) groups excluding carboxylic acids is 2. The van der Waals surface area contributed by atoms with Gasteiger partial charge in [0.25, 0.3) is 11.6 Å². The van der Waals surface area contributed by atoms with Gasteiger partial charge >= 0.3 is 6.09 Å². The van der Waals surface area contributed by atoms with Crippen molar-refractivity contribution in [1.82, 2.24) is 0 Å². The largest absolute Gasteiger partial charge is 0.444 e. The van der Waals surface area contributed by atoms with Gasteiger partial charge in [-0.15, -0.1) is 0 Å². The SMILES string of the molecule is CC(C)(C)OC(=O)Nc1ccc(F)cc1NC(=O)c1ccc(Cl)cc1[N+](=O)[O-]. The minimum absolute atomic E-state index is 0.0561. The van der Waals surface area contributed by atoms with Crippen LogP contribution in [0.2, 0.25) is 5.02 Å². The first-order chi connectivity index (χ1) is 13.0. The average molecular weight is 410 g/mol. The van der Waals surface area contributed by atoms with Crippen molar-refractivity contribution in [2.24, 2.45) is 0 Å². The van der Waals surface area contributed by atoms with E-state index in [0.29, 0.717) is 0 Å². The summed E-state index contributed by atoms with van der Waals surface area (Å²) in [7, 11) is 0. The molecule has 0 atom stereocenters. The molecule has 148 valence electrons. The second kappa shape index (κ2) is 8.22.